The number of aliphatic hydroxyl groups is 2. The van der Waals surface area contributed by atoms with E-state index in [9.17, 15) is 34.7 Å². The van der Waals surface area contributed by atoms with E-state index in [1.54, 1.807) is 6.08 Å². The average molecular weight is 914 g/mol. The lowest BCUT2D eigenvalue weighted by Crippen LogP contribution is -2.43. The molecule has 0 radical (unpaired) electrons. The van der Waals surface area contributed by atoms with Gasteiger partial charge in [0, 0.05) is 44.2 Å². The van der Waals surface area contributed by atoms with E-state index in [1.165, 1.54) is 35.4 Å². The fourth-order valence-corrected chi connectivity index (χ4v) is 7.20. The normalized spacial score (nSPS) is 12.8. The first-order valence-electron chi connectivity index (χ1n) is 21.8. The SMILES string of the molecule is C=CCOCCOCCOCCOCCC(=O)NCC(CO)(CO)CCCCNC(=O)c1ncn(-c2ncc(OC)c3c(C(=O)C(=O)N4CCC(=C(C#N)c5ccccc5)CC4)c[nH]c23)n1. The van der Waals surface area contributed by atoms with Crippen molar-refractivity contribution < 1.29 is 53.1 Å². The molecule has 0 saturated carbocycles. The standard InChI is InChI=1S/C46H59N9O11/c1-3-18-63-20-22-65-24-25-66-23-21-64-19-13-38(58)51-29-46(30-56,31-57)14-7-8-15-48-44(60)42-52-32-55(53-42)43-40-39(37(62-2)28-50-43)36(27-49-40)41(59)45(61)54-16-11-34(12-17-54)35(26-47)33-9-5-4-6-10-33/h3-6,9-10,27-28,32,49,56-57H,1,7-8,11-25,29-31H2,2H3,(H,48,60)(H,51,58). The minimum absolute atomic E-state index is 0.0607. The monoisotopic (exact) mass is 913 g/mol. The molecule has 0 spiro atoms. The number of aliphatic hydroxyl groups excluding tert-OH is 2. The molecule has 4 heterocycles. The maximum Gasteiger partial charge on any atom is 0.295 e. The number of aromatic nitrogens is 5. The summed E-state index contributed by atoms with van der Waals surface area (Å²) in [6.45, 7) is 6.87. The van der Waals surface area contributed by atoms with Crippen molar-refractivity contribution in [3.63, 3.8) is 0 Å². The van der Waals surface area contributed by atoms with Crippen molar-refractivity contribution in [3.8, 4) is 17.6 Å². The first-order chi connectivity index (χ1) is 32.2. The molecule has 5 N–H and O–H groups in total. The van der Waals surface area contributed by atoms with E-state index in [4.69, 9.17) is 23.7 Å². The molecule has 1 saturated heterocycles. The Labute approximate surface area is 382 Å². The van der Waals surface area contributed by atoms with Crippen molar-refractivity contribution in [1.82, 2.24) is 40.3 Å². The summed E-state index contributed by atoms with van der Waals surface area (Å²) in [7, 11) is 1.42. The fraction of sp³-hybridized carbons (Fsp3) is 0.478. The molecule has 0 atom stereocenters. The van der Waals surface area contributed by atoms with Gasteiger partial charge in [-0.05, 0) is 36.8 Å². The van der Waals surface area contributed by atoms with Gasteiger partial charge in [-0.1, -0.05) is 42.8 Å². The number of hydrogen-bond donors (Lipinski definition) is 5. The highest BCUT2D eigenvalue weighted by atomic mass is 16.6. The van der Waals surface area contributed by atoms with Gasteiger partial charge in [0.15, 0.2) is 5.82 Å². The third-order valence-corrected chi connectivity index (χ3v) is 11.0. The van der Waals surface area contributed by atoms with Gasteiger partial charge < -0.3 is 54.4 Å². The summed E-state index contributed by atoms with van der Waals surface area (Å²) < 4.78 is 28.3. The number of nitriles is 1. The van der Waals surface area contributed by atoms with Gasteiger partial charge in [0.25, 0.3) is 17.6 Å². The van der Waals surface area contributed by atoms with Crippen LogP contribution in [0.15, 0.2) is 67.3 Å². The molecule has 0 aliphatic carbocycles. The number of benzene rings is 1. The second-order valence-corrected chi connectivity index (χ2v) is 15.4. The van der Waals surface area contributed by atoms with Crippen molar-refractivity contribution >= 4 is 40.0 Å². The minimum Gasteiger partial charge on any atom is -0.494 e. The number of pyridine rings is 1. The van der Waals surface area contributed by atoms with Gasteiger partial charge in [-0.2, -0.15) is 9.94 Å². The zero-order chi connectivity index (χ0) is 47.2. The number of hydrogen-bond acceptors (Lipinski definition) is 15. The number of ether oxygens (including phenoxy) is 5. The van der Waals surface area contributed by atoms with Crippen LogP contribution in [0.4, 0.5) is 0 Å². The molecule has 1 aliphatic rings. The molecule has 3 aromatic heterocycles. The molecule has 5 rings (SSSR count). The predicted octanol–water partition coefficient (Wildman–Crippen LogP) is 2.56. The van der Waals surface area contributed by atoms with Gasteiger partial charge in [-0.3, -0.25) is 19.2 Å². The Balaban J connectivity index is 1.05. The lowest BCUT2D eigenvalue weighted by Gasteiger charge is -2.30. The van der Waals surface area contributed by atoms with Crippen LogP contribution in [-0.4, -0.2) is 163 Å². The van der Waals surface area contributed by atoms with Crippen LogP contribution in [0, 0.1) is 16.7 Å². The number of amides is 3. The molecule has 1 aliphatic heterocycles. The van der Waals surface area contributed by atoms with E-state index in [2.05, 4.69) is 43.3 Å². The first-order valence-corrected chi connectivity index (χ1v) is 21.8. The molecule has 0 unspecified atom stereocenters. The van der Waals surface area contributed by atoms with E-state index in [-0.39, 0.29) is 81.3 Å². The van der Waals surface area contributed by atoms with Gasteiger partial charge >= 0.3 is 0 Å². The number of piperidine rings is 1. The van der Waals surface area contributed by atoms with E-state index >= 15 is 0 Å². The third-order valence-electron chi connectivity index (χ3n) is 11.0. The Bertz CT molecular complexity index is 2290. The van der Waals surface area contributed by atoms with Crippen molar-refractivity contribution in [2.75, 3.05) is 99.4 Å². The third kappa shape index (κ3) is 14.1. The van der Waals surface area contributed by atoms with Crippen LogP contribution < -0.4 is 15.4 Å². The van der Waals surface area contributed by atoms with Crippen molar-refractivity contribution in [3.05, 3.63) is 84.2 Å². The zero-order valence-corrected chi connectivity index (χ0v) is 37.3. The number of H-pyrrole nitrogens is 1. The Hall–Kier alpha value is -6.34. The van der Waals surface area contributed by atoms with Crippen LogP contribution in [0.2, 0.25) is 0 Å². The number of fused-ring (bicyclic) bond motifs is 1. The number of methoxy groups -OCH3 is 1. The van der Waals surface area contributed by atoms with Crippen LogP contribution in [0.5, 0.6) is 5.75 Å². The number of Topliss-reactive ketones (excluding diaryl/α,β-unsaturated/α-hetero) is 1. The highest BCUT2D eigenvalue weighted by molar-refractivity contribution is 6.45. The Morgan fingerprint density at radius 2 is 1.62 bits per heavy atom. The van der Waals surface area contributed by atoms with Gasteiger partial charge in [-0.15, -0.1) is 11.7 Å². The number of likely N-dealkylation sites (tertiary alicyclic amines) is 1. The fourth-order valence-electron chi connectivity index (χ4n) is 7.20. The number of rotatable bonds is 29. The van der Waals surface area contributed by atoms with Crippen LogP contribution in [0.3, 0.4) is 0 Å². The van der Waals surface area contributed by atoms with Gasteiger partial charge in [0.2, 0.25) is 11.7 Å². The topological polar surface area (TPSA) is 265 Å². The lowest BCUT2D eigenvalue weighted by molar-refractivity contribution is -0.127. The summed E-state index contributed by atoms with van der Waals surface area (Å²) in [6, 6.07) is 11.7. The predicted molar refractivity (Wildman–Crippen MR) is 241 cm³/mol. The molecular weight excluding hydrogens is 855 g/mol. The number of aromatic amines is 1. The number of unbranched alkanes of at least 4 members (excludes halogenated alkanes) is 1. The smallest absolute Gasteiger partial charge is 0.295 e. The van der Waals surface area contributed by atoms with Crippen molar-refractivity contribution in [2.45, 2.75) is 38.5 Å². The highest BCUT2D eigenvalue weighted by Crippen LogP contribution is 2.33. The molecule has 20 nitrogen and oxygen atoms in total. The zero-order valence-electron chi connectivity index (χ0n) is 37.3. The van der Waals surface area contributed by atoms with Gasteiger partial charge in [0.05, 0.1) is 107 Å². The summed E-state index contributed by atoms with van der Waals surface area (Å²) in [5, 5.41) is 40.3. The van der Waals surface area contributed by atoms with Crippen LogP contribution in [0.25, 0.3) is 22.3 Å². The molecule has 66 heavy (non-hydrogen) atoms. The molecule has 4 aromatic rings. The van der Waals surface area contributed by atoms with Gasteiger partial charge in [-0.25, -0.2) is 9.97 Å². The number of carbonyl (C=O) groups excluding carboxylic acids is 4. The Morgan fingerprint density at radius 3 is 2.27 bits per heavy atom. The minimum atomic E-state index is -0.957. The Kier molecular flexibility index (Phi) is 20.4. The summed E-state index contributed by atoms with van der Waals surface area (Å²) >= 11 is 0. The average Bonchev–Trinajstić information content (AvgIpc) is 4.03. The molecule has 1 aromatic carbocycles. The van der Waals surface area contributed by atoms with E-state index < -0.39 is 23.0 Å². The number of nitrogens with one attached hydrogen (secondary N) is 3. The molecule has 20 heteroatoms. The molecule has 354 valence electrons. The lowest BCUT2D eigenvalue weighted by atomic mass is 9.84. The Morgan fingerprint density at radius 1 is 0.939 bits per heavy atom. The maximum atomic E-state index is 13.7. The number of nitrogens with zero attached hydrogens (tertiary/aromatic N) is 6. The largest absolute Gasteiger partial charge is 0.494 e. The van der Waals surface area contributed by atoms with Crippen LogP contribution in [0.1, 0.15) is 65.1 Å². The highest BCUT2D eigenvalue weighted by Gasteiger charge is 2.31. The first kappa shape index (κ1) is 50.7. The number of allylic oxidation sites excluding steroid dienone is 1. The summed E-state index contributed by atoms with van der Waals surface area (Å²) in [5.41, 5.74) is 1.79. The number of ketones is 1. The molecule has 3 amide bonds. The van der Waals surface area contributed by atoms with Crippen LogP contribution in [-0.2, 0) is 28.5 Å². The molecular formula is C46H59N9O11. The molecule has 1 fully saturated rings. The van der Waals surface area contributed by atoms with Crippen LogP contribution >= 0.6 is 0 Å². The van der Waals surface area contributed by atoms with Crippen molar-refractivity contribution in [1.29, 1.82) is 5.26 Å². The second-order valence-electron chi connectivity index (χ2n) is 15.4. The molecule has 0 bridgehead atoms. The van der Waals surface area contributed by atoms with E-state index in [1.807, 2.05) is 30.3 Å². The second kappa shape index (κ2) is 26.6. The number of carbonyl (C=O) groups is 4. The summed E-state index contributed by atoms with van der Waals surface area (Å²) in [5.74, 6) is -1.96. The van der Waals surface area contributed by atoms with Crippen molar-refractivity contribution in [2.24, 2.45) is 5.41 Å². The van der Waals surface area contributed by atoms with Gasteiger partial charge in [0.1, 0.15) is 12.1 Å². The quantitative estimate of drug-likeness (QED) is 0.0172. The summed E-state index contributed by atoms with van der Waals surface area (Å²) in [6.07, 6.45) is 8.19. The summed E-state index contributed by atoms with van der Waals surface area (Å²) in [4.78, 5) is 65.9. The van der Waals surface area contributed by atoms with E-state index in [0.717, 1.165) is 11.1 Å². The van der Waals surface area contributed by atoms with E-state index in [0.29, 0.717) is 94.8 Å². The maximum absolute atomic E-state index is 13.7.